The lowest BCUT2D eigenvalue weighted by atomic mass is 9.87. The van der Waals surface area contributed by atoms with Crippen LogP contribution in [-0.2, 0) is 9.59 Å². The second kappa shape index (κ2) is 9.12. The first-order valence-electron chi connectivity index (χ1n) is 9.61. The predicted molar refractivity (Wildman–Crippen MR) is 101 cm³/mol. The minimum atomic E-state index is -0.285. The summed E-state index contributed by atoms with van der Waals surface area (Å²) in [6.45, 7) is 9.25. The Labute approximate surface area is 151 Å². The van der Waals surface area contributed by atoms with Gasteiger partial charge in [-0.05, 0) is 31.1 Å². The van der Waals surface area contributed by atoms with Crippen LogP contribution < -0.4 is 5.32 Å². The van der Waals surface area contributed by atoms with Gasteiger partial charge < -0.3 is 10.2 Å². The number of carbonyl (C=O) groups excluding carboxylic acids is 2. The van der Waals surface area contributed by atoms with E-state index in [1.54, 1.807) is 11.8 Å². The molecule has 0 bridgehead atoms. The summed E-state index contributed by atoms with van der Waals surface area (Å²) in [7, 11) is 0. The summed E-state index contributed by atoms with van der Waals surface area (Å²) in [4.78, 5) is 27.8. The SMILES string of the molecule is CC(C)CNC(=O)C1CSC(CC(C)C)N1C(=O)C1CCCCC1. The van der Waals surface area contributed by atoms with Gasteiger partial charge in [0.2, 0.25) is 11.8 Å². The summed E-state index contributed by atoms with van der Waals surface area (Å²) < 4.78 is 0. The quantitative estimate of drug-likeness (QED) is 0.792. The third kappa shape index (κ3) is 5.14. The summed E-state index contributed by atoms with van der Waals surface area (Å²) in [5.74, 6) is 2.09. The molecule has 24 heavy (non-hydrogen) atoms. The molecule has 1 saturated carbocycles. The van der Waals surface area contributed by atoms with Gasteiger partial charge >= 0.3 is 0 Å². The Kier molecular flexibility index (Phi) is 7.45. The van der Waals surface area contributed by atoms with Crippen LogP contribution in [0.5, 0.6) is 0 Å². The summed E-state index contributed by atoms with van der Waals surface area (Å²) >= 11 is 1.79. The van der Waals surface area contributed by atoms with E-state index in [2.05, 4.69) is 33.0 Å². The Bertz CT molecular complexity index is 433. The molecule has 2 rings (SSSR count). The fourth-order valence-corrected chi connectivity index (χ4v) is 5.28. The molecule has 1 heterocycles. The maximum atomic E-state index is 13.2. The number of amides is 2. The van der Waals surface area contributed by atoms with Crippen molar-refractivity contribution < 1.29 is 9.59 Å². The third-order valence-electron chi connectivity index (χ3n) is 4.96. The van der Waals surface area contributed by atoms with E-state index in [1.807, 2.05) is 4.90 Å². The van der Waals surface area contributed by atoms with E-state index in [1.165, 1.54) is 6.42 Å². The van der Waals surface area contributed by atoms with E-state index in [0.29, 0.717) is 18.4 Å². The minimum Gasteiger partial charge on any atom is -0.354 e. The average Bonchev–Trinajstić information content (AvgIpc) is 2.95. The van der Waals surface area contributed by atoms with Crippen molar-refractivity contribution in [3.8, 4) is 0 Å². The second-order valence-electron chi connectivity index (χ2n) is 8.15. The number of thioether (sulfide) groups is 1. The third-order valence-corrected chi connectivity index (χ3v) is 6.27. The van der Waals surface area contributed by atoms with Crippen molar-refractivity contribution in [3.05, 3.63) is 0 Å². The smallest absolute Gasteiger partial charge is 0.243 e. The van der Waals surface area contributed by atoms with Crippen LogP contribution in [0, 0.1) is 17.8 Å². The molecule has 0 spiro atoms. The van der Waals surface area contributed by atoms with Crippen LogP contribution >= 0.6 is 11.8 Å². The first-order valence-corrected chi connectivity index (χ1v) is 10.7. The second-order valence-corrected chi connectivity index (χ2v) is 9.36. The van der Waals surface area contributed by atoms with E-state index in [9.17, 15) is 9.59 Å². The maximum Gasteiger partial charge on any atom is 0.243 e. The summed E-state index contributed by atoms with van der Waals surface area (Å²) in [6.07, 6.45) is 6.50. The maximum absolute atomic E-state index is 13.2. The molecule has 0 aromatic heterocycles. The molecule has 2 fully saturated rings. The summed E-state index contributed by atoms with van der Waals surface area (Å²) in [5, 5.41) is 3.20. The van der Waals surface area contributed by atoms with Gasteiger partial charge in [0.05, 0.1) is 5.37 Å². The number of nitrogens with one attached hydrogen (secondary N) is 1. The molecule has 4 nitrogen and oxygen atoms in total. The number of hydrogen-bond acceptors (Lipinski definition) is 3. The zero-order chi connectivity index (χ0) is 17.7. The lowest BCUT2D eigenvalue weighted by Crippen LogP contribution is -2.52. The van der Waals surface area contributed by atoms with Gasteiger partial charge in [-0.1, -0.05) is 47.0 Å². The Balaban J connectivity index is 2.09. The van der Waals surface area contributed by atoms with E-state index in [0.717, 1.165) is 37.9 Å². The summed E-state index contributed by atoms with van der Waals surface area (Å²) in [6, 6.07) is -0.285. The standard InChI is InChI=1S/C19H34N2O2S/c1-13(2)10-17-21(19(23)15-8-6-5-7-9-15)16(12-24-17)18(22)20-11-14(3)4/h13-17H,5-12H2,1-4H3,(H,20,22). The van der Waals surface area contributed by atoms with E-state index in [-0.39, 0.29) is 29.1 Å². The van der Waals surface area contributed by atoms with Crippen LogP contribution in [0.2, 0.25) is 0 Å². The fourth-order valence-electron chi connectivity index (χ4n) is 3.63. The lowest BCUT2D eigenvalue weighted by Gasteiger charge is -2.34. The molecule has 1 aliphatic heterocycles. The molecule has 1 saturated heterocycles. The molecular formula is C19H34N2O2S. The highest BCUT2D eigenvalue weighted by atomic mass is 32.2. The van der Waals surface area contributed by atoms with Gasteiger partial charge in [0.25, 0.3) is 0 Å². The molecule has 0 aromatic carbocycles. The molecule has 138 valence electrons. The van der Waals surface area contributed by atoms with Crippen LogP contribution in [0.15, 0.2) is 0 Å². The molecule has 1 N–H and O–H groups in total. The first-order chi connectivity index (χ1) is 11.4. The molecule has 0 radical (unpaired) electrons. The van der Waals surface area contributed by atoms with Crippen molar-refractivity contribution in [2.75, 3.05) is 12.3 Å². The number of carbonyl (C=O) groups is 2. The largest absolute Gasteiger partial charge is 0.354 e. The fraction of sp³-hybridized carbons (Fsp3) is 0.895. The molecular weight excluding hydrogens is 320 g/mol. The molecule has 5 heteroatoms. The highest BCUT2D eigenvalue weighted by Crippen LogP contribution is 2.37. The lowest BCUT2D eigenvalue weighted by molar-refractivity contribution is -0.144. The highest BCUT2D eigenvalue weighted by molar-refractivity contribution is 8.00. The number of rotatable bonds is 6. The van der Waals surface area contributed by atoms with Crippen LogP contribution in [0.25, 0.3) is 0 Å². The van der Waals surface area contributed by atoms with Gasteiger partial charge in [-0.25, -0.2) is 0 Å². The van der Waals surface area contributed by atoms with E-state index >= 15 is 0 Å². The van der Waals surface area contributed by atoms with Crippen LogP contribution in [0.1, 0.15) is 66.2 Å². The van der Waals surface area contributed by atoms with Crippen molar-refractivity contribution in [2.24, 2.45) is 17.8 Å². The van der Waals surface area contributed by atoms with Crippen LogP contribution in [0.3, 0.4) is 0 Å². The number of nitrogens with zero attached hydrogens (tertiary/aromatic N) is 1. The van der Waals surface area contributed by atoms with Gasteiger partial charge in [-0.15, -0.1) is 11.8 Å². The molecule has 2 atom stereocenters. The van der Waals surface area contributed by atoms with Crippen LogP contribution in [0.4, 0.5) is 0 Å². The molecule has 0 aromatic rings. The first kappa shape index (κ1) is 19.6. The Morgan fingerprint density at radius 2 is 1.75 bits per heavy atom. The average molecular weight is 355 g/mol. The van der Waals surface area contributed by atoms with Crippen molar-refractivity contribution in [2.45, 2.75) is 77.6 Å². The molecule has 2 aliphatic rings. The molecule has 2 unspecified atom stereocenters. The minimum absolute atomic E-state index is 0.0339. The number of hydrogen-bond donors (Lipinski definition) is 1. The van der Waals surface area contributed by atoms with Crippen molar-refractivity contribution in [1.82, 2.24) is 10.2 Å². The van der Waals surface area contributed by atoms with Gasteiger partial charge in [0.1, 0.15) is 6.04 Å². The van der Waals surface area contributed by atoms with E-state index in [4.69, 9.17) is 0 Å². The van der Waals surface area contributed by atoms with Crippen molar-refractivity contribution in [1.29, 1.82) is 0 Å². The predicted octanol–water partition coefficient (Wildman–Crippen LogP) is 3.66. The topological polar surface area (TPSA) is 49.4 Å². The van der Waals surface area contributed by atoms with E-state index < -0.39 is 0 Å². The van der Waals surface area contributed by atoms with Gasteiger partial charge in [0.15, 0.2) is 0 Å². The Hall–Kier alpha value is -0.710. The normalized spacial score (nSPS) is 25.5. The monoisotopic (exact) mass is 354 g/mol. The Morgan fingerprint density at radius 3 is 2.33 bits per heavy atom. The van der Waals surface area contributed by atoms with Crippen molar-refractivity contribution >= 4 is 23.6 Å². The zero-order valence-corrected chi connectivity index (χ0v) is 16.5. The Morgan fingerprint density at radius 1 is 1.08 bits per heavy atom. The van der Waals surface area contributed by atoms with Gasteiger partial charge in [0, 0.05) is 18.2 Å². The highest BCUT2D eigenvalue weighted by Gasteiger charge is 2.43. The van der Waals surface area contributed by atoms with Crippen LogP contribution in [-0.4, -0.2) is 40.4 Å². The summed E-state index contributed by atoms with van der Waals surface area (Å²) in [5.41, 5.74) is 0. The zero-order valence-electron chi connectivity index (χ0n) is 15.7. The van der Waals surface area contributed by atoms with Crippen molar-refractivity contribution in [3.63, 3.8) is 0 Å². The van der Waals surface area contributed by atoms with Gasteiger partial charge in [-0.3, -0.25) is 9.59 Å². The molecule has 1 aliphatic carbocycles. The van der Waals surface area contributed by atoms with Gasteiger partial charge in [-0.2, -0.15) is 0 Å². The molecule has 2 amide bonds.